The number of carbonyl (C=O) groups is 2. The summed E-state index contributed by atoms with van der Waals surface area (Å²) in [6.45, 7) is 2.87. The first-order chi connectivity index (χ1) is 22.4. The van der Waals surface area contributed by atoms with Gasteiger partial charge < -0.3 is 19.7 Å². The summed E-state index contributed by atoms with van der Waals surface area (Å²) in [7, 11) is -1.66. The van der Waals surface area contributed by atoms with Crippen LogP contribution >= 0.6 is 11.6 Å². The minimum absolute atomic E-state index is 0.0449. The minimum atomic E-state index is -4.45. The van der Waals surface area contributed by atoms with Crippen LogP contribution in [0.2, 0.25) is 5.02 Å². The van der Waals surface area contributed by atoms with Crippen LogP contribution < -0.4 is 19.1 Å². The van der Waals surface area contributed by atoms with Gasteiger partial charge in [0.1, 0.15) is 18.4 Å². The maximum atomic E-state index is 14.5. The zero-order valence-electron chi connectivity index (χ0n) is 26.5. The number of halogens is 2. The summed E-state index contributed by atoms with van der Waals surface area (Å²) in [6.07, 6.45) is 0.157. The Morgan fingerprint density at radius 3 is 2.13 bits per heavy atom. The van der Waals surface area contributed by atoms with Crippen molar-refractivity contribution in [2.24, 2.45) is 0 Å². The highest BCUT2D eigenvalue weighted by atomic mass is 35.5. The number of sulfonamides is 1. The molecule has 0 saturated heterocycles. The maximum absolute atomic E-state index is 14.5. The van der Waals surface area contributed by atoms with E-state index >= 15 is 0 Å². The van der Waals surface area contributed by atoms with Crippen LogP contribution in [0.3, 0.4) is 0 Å². The molecule has 0 bridgehead atoms. The van der Waals surface area contributed by atoms with Gasteiger partial charge in [-0.3, -0.25) is 13.9 Å². The second-order valence-electron chi connectivity index (χ2n) is 11.0. The monoisotopic (exact) mass is 681 g/mol. The fourth-order valence-electron chi connectivity index (χ4n) is 5.01. The van der Waals surface area contributed by atoms with Crippen LogP contribution in [-0.4, -0.2) is 58.0 Å². The summed E-state index contributed by atoms with van der Waals surface area (Å²) in [5.41, 5.74) is 1.48. The topological polar surface area (TPSA) is 105 Å². The molecule has 4 aromatic rings. The lowest BCUT2D eigenvalue weighted by atomic mass is 10.0. The van der Waals surface area contributed by atoms with Crippen molar-refractivity contribution in [1.29, 1.82) is 0 Å². The van der Waals surface area contributed by atoms with Crippen molar-refractivity contribution in [3.05, 3.63) is 119 Å². The van der Waals surface area contributed by atoms with Gasteiger partial charge in [0.05, 0.1) is 24.8 Å². The summed E-state index contributed by atoms with van der Waals surface area (Å²) >= 11 is 6.28. The number of hydrogen-bond donors (Lipinski definition) is 1. The molecule has 0 spiro atoms. The van der Waals surface area contributed by atoms with Gasteiger partial charge in [0.15, 0.2) is 11.5 Å². The molecular formula is C35H37ClFN3O6S. The average Bonchev–Trinajstić information content (AvgIpc) is 3.05. The minimum Gasteiger partial charge on any atom is -0.493 e. The maximum Gasteiger partial charge on any atom is 0.264 e. The van der Waals surface area contributed by atoms with E-state index in [-0.39, 0.29) is 35.3 Å². The van der Waals surface area contributed by atoms with Crippen LogP contribution in [0.4, 0.5) is 10.1 Å². The third-order valence-electron chi connectivity index (χ3n) is 7.28. The van der Waals surface area contributed by atoms with Crippen molar-refractivity contribution in [3.63, 3.8) is 0 Å². The summed E-state index contributed by atoms with van der Waals surface area (Å²) in [5.74, 6) is -1.19. The fraction of sp³-hybridized carbons (Fsp3) is 0.257. The average molecular weight is 682 g/mol. The van der Waals surface area contributed by atoms with E-state index in [1.807, 2.05) is 44.2 Å². The van der Waals surface area contributed by atoms with E-state index in [9.17, 15) is 22.4 Å². The number of nitrogens with one attached hydrogen (secondary N) is 1. The summed E-state index contributed by atoms with van der Waals surface area (Å²) in [5, 5.41) is 3.34. The number of hydrogen-bond acceptors (Lipinski definition) is 6. The fourth-order valence-corrected chi connectivity index (χ4v) is 6.65. The van der Waals surface area contributed by atoms with E-state index < -0.39 is 40.2 Å². The third kappa shape index (κ3) is 9.02. The number of methoxy groups -OCH3 is 2. The van der Waals surface area contributed by atoms with Crippen LogP contribution in [-0.2, 0) is 32.6 Å². The van der Waals surface area contributed by atoms with Crippen molar-refractivity contribution in [1.82, 2.24) is 10.2 Å². The molecule has 0 aliphatic carbocycles. The molecule has 9 nitrogen and oxygen atoms in total. The Bertz CT molecular complexity index is 1790. The van der Waals surface area contributed by atoms with Crippen LogP contribution in [0.25, 0.3) is 0 Å². The third-order valence-corrected chi connectivity index (χ3v) is 9.29. The number of nitrogens with zero attached hydrogens (tertiary/aromatic N) is 2. The van der Waals surface area contributed by atoms with Gasteiger partial charge in [0, 0.05) is 30.1 Å². The molecule has 47 heavy (non-hydrogen) atoms. The van der Waals surface area contributed by atoms with E-state index in [0.29, 0.717) is 16.3 Å². The first-order valence-electron chi connectivity index (χ1n) is 14.8. The zero-order chi connectivity index (χ0) is 34.1. The van der Waals surface area contributed by atoms with Crippen LogP contribution in [0.1, 0.15) is 25.0 Å². The molecule has 0 heterocycles. The van der Waals surface area contributed by atoms with E-state index in [1.54, 1.807) is 24.3 Å². The highest BCUT2D eigenvalue weighted by Gasteiger charge is 2.35. The van der Waals surface area contributed by atoms with Crippen molar-refractivity contribution in [3.8, 4) is 11.5 Å². The molecular weight excluding hydrogens is 645 g/mol. The second-order valence-corrected chi connectivity index (χ2v) is 13.3. The Morgan fingerprint density at radius 2 is 1.51 bits per heavy atom. The molecule has 0 radical (unpaired) electrons. The summed E-state index contributed by atoms with van der Waals surface area (Å²) in [6, 6.07) is 23.6. The lowest BCUT2D eigenvalue weighted by Gasteiger charge is -2.34. The van der Waals surface area contributed by atoms with Gasteiger partial charge >= 0.3 is 0 Å². The highest BCUT2D eigenvalue weighted by molar-refractivity contribution is 7.92. The molecule has 1 atom stereocenters. The standard InChI is InChI=1S/C35H37ClFN3O6S/c1-24(2)38-35(42)31(20-25-9-6-5-7-10-25)39(22-26-11-8-12-27(36)19-26)34(41)23-40(29-15-13-28(37)14-16-29)47(43,44)30-17-18-32(45-3)33(21-30)46-4/h5-19,21,24,31H,20,22-23H2,1-4H3,(H,38,42). The summed E-state index contributed by atoms with van der Waals surface area (Å²) < 4.78 is 54.0. The normalized spacial score (nSPS) is 11.9. The van der Waals surface area contributed by atoms with Gasteiger partial charge in [-0.05, 0) is 73.5 Å². The van der Waals surface area contributed by atoms with Gasteiger partial charge in [-0.25, -0.2) is 12.8 Å². The van der Waals surface area contributed by atoms with E-state index in [2.05, 4.69) is 5.32 Å². The molecule has 1 N–H and O–H groups in total. The number of anilines is 1. The Hall–Kier alpha value is -4.61. The number of rotatable bonds is 14. The molecule has 0 aliphatic rings. The van der Waals surface area contributed by atoms with Crippen molar-refractivity contribution >= 4 is 39.1 Å². The molecule has 4 rings (SSSR count). The van der Waals surface area contributed by atoms with Gasteiger partial charge in [0.25, 0.3) is 10.0 Å². The highest BCUT2D eigenvalue weighted by Crippen LogP contribution is 2.32. The molecule has 0 fully saturated rings. The van der Waals surface area contributed by atoms with Crippen LogP contribution in [0.15, 0.2) is 102 Å². The molecule has 1 unspecified atom stereocenters. The Labute approximate surface area is 279 Å². The first-order valence-corrected chi connectivity index (χ1v) is 16.6. The van der Waals surface area contributed by atoms with Gasteiger partial charge in [-0.2, -0.15) is 0 Å². The van der Waals surface area contributed by atoms with Crippen LogP contribution in [0, 0.1) is 5.82 Å². The SMILES string of the molecule is COc1ccc(S(=O)(=O)N(CC(=O)N(Cc2cccc(Cl)c2)C(Cc2ccccc2)C(=O)NC(C)C)c2ccc(F)cc2)cc1OC. The van der Waals surface area contributed by atoms with E-state index in [0.717, 1.165) is 22.0 Å². The molecule has 2 amide bonds. The smallest absolute Gasteiger partial charge is 0.264 e. The summed E-state index contributed by atoms with van der Waals surface area (Å²) in [4.78, 5) is 29.4. The van der Waals surface area contributed by atoms with Crippen LogP contribution in [0.5, 0.6) is 11.5 Å². The zero-order valence-corrected chi connectivity index (χ0v) is 28.1. The quantitative estimate of drug-likeness (QED) is 0.179. The first kappa shape index (κ1) is 35.2. The number of carbonyl (C=O) groups excluding carboxylic acids is 2. The molecule has 248 valence electrons. The van der Waals surface area contributed by atoms with E-state index in [1.165, 1.54) is 49.5 Å². The van der Waals surface area contributed by atoms with Crippen molar-refractivity contribution in [2.45, 2.75) is 43.8 Å². The predicted octanol–water partition coefficient (Wildman–Crippen LogP) is 5.86. The Morgan fingerprint density at radius 1 is 0.851 bits per heavy atom. The molecule has 4 aromatic carbocycles. The second kappa shape index (κ2) is 15.8. The Balaban J connectivity index is 1.83. The van der Waals surface area contributed by atoms with Gasteiger partial charge in [0.2, 0.25) is 11.8 Å². The molecule has 0 aliphatic heterocycles. The predicted molar refractivity (Wildman–Crippen MR) is 180 cm³/mol. The Kier molecular flexibility index (Phi) is 11.8. The number of benzene rings is 4. The van der Waals surface area contributed by atoms with Crippen molar-refractivity contribution < 1.29 is 31.9 Å². The lowest BCUT2D eigenvalue weighted by molar-refractivity contribution is -0.140. The molecule has 0 aromatic heterocycles. The molecule has 12 heteroatoms. The van der Waals surface area contributed by atoms with Gasteiger partial charge in [-0.15, -0.1) is 0 Å². The number of amides is 2. The van der Waals surface area contributed by atoms with Gasteiger partial charge in [-0.1, -0.05) is 54.1 Å². The largest absolute Gasteiger partial charge is 0.493 e. The lowest BCUT2D eigenvalue weighted by Crippen LogP contribution is -2.54. The number of ether oxygens (including phenoxy) is 2. The molecule has 0 saturated carbocycles. The van der Waals surface area contributed by atoms with Crippen molar-refractivity contribution in [2.75, 3.05) is 25.1 Å². The van der Waals surface area contributed by atoms with E-state index in [4.69, 9.17) is 21.1 Å².